The number of halogens is 1. The number of carbonyl (C=O) groups is 1. The third kappa shape index (κ3) is 9.30. The van der Waals surface area contributed by atoms with E-state index in [1.54, 1.807) is 6.20 Å². The lowest BCUT2D eigenvalue weighted by atomic mass is 10.1. The van der Waals surface area contributed by atoms with E-state index in [0.29, 0.717) is 11.1 Å². The number of carboxylic acid groups (broad SMARTS) is 1. The molecule has 0 aliphatic carbocycles. The smallest absolute Gasteiger partial charge is 0.290 e. The quantitative estimate of drug-likeness (QED) is 0.474. The third-order valence-corrected chi connectivity index (χ3v) is 4.05. The Morgan fingerprint density at radius 1 is 1.61 bits per heavy atom. The van der Waals surface area contributed by atoms with Gasteiger partial charge in [0.1, 0.15) is 0 Å². The molecule has 0 aromatic carbocycles. The normalized spacial score (nSPS) is 16.3. The van der Waals surface area contributed by atoms with Crippen LogP contribution in [0.1, 0.15) is 26.7 Å². The molecule has 130 valence electrons. The number of piperidine rings is 1. The molecule has 1 fully saturated rings. The van der Waals surface area contributed by atoms with E-state index < -0.39 is 0 Å². The zero-order valence-corrected chi connectivity index (χ0v) is 15.4. The maximum atomic E-state index is 8.36. The summed E-state index contributed by atoms with van der Waals surface area (Å²) in [5, 5.41) is 7.77. The molecule has 1 aromatic heterocycles. The van der Waals surface area contributed by atoms with E-state index in [1.165, 1.54) is 18.4 Å². The molecule has 1 saturated heterocycles. The summed E-state index contributed by atoms with van der Waals surface area (Å²) in [6.07, 6.45) is 6.32. The largest absolute Gasteiger partial charge is 0.483 e. The molecule has 6 nitrogen and oxygen atoms in total. The second-order valence-corrected chi connectivity index (χ2v) is 6.64. The van der Waals surface area contributed by atoms with Crippen molar-refractivity contribution < 1.29 is 9.90 Å². The van der Waals surface area contributed by atoms with Gasteiger partial charge in [0.05, 0.1) is 11.9 Å². The van der Waals surface area contributed by atoms with Crippen LogP contribution in [0.4, 0.5) is 11.5 Å². The van der Waals surface area contributed by atoms with Gasteiger partial charge in [-0.25, -0.2) is 4.98 Å². The van der Waals surface area contributed by atoms with Crippen LogP contribution < -0.4 is 10.6 Å². The van der Waals surface area contributed by atoms with Crippen LogP contribution in [0.5, 0.6) is 0 Å². The zero-order valence-electron chi connectivity index (χ0n) is 13.8. The molecular weight excluding hydrogens is 336 g/mol. The predicted molar refractivity (Wildman–Crippen MR) is 99.4 cm³/mol. The lowest BCUT2D eigenvalue weighted by molar-refractivity contribution is -0.122. The van der Waals surface area contributed by atoms with Crippen molar-refractivity contribution in [3.05, 3.63) is 23.6 Å². The molecule has 1 aliphatic heterocycles. The minimum Gasteiger partial charge on any atom is -0.483 e. The molecule has 0 radical (unpaired) electrons. The van der Waals surface area contributed by atoms with Crippen molar-refractivity contribution in [2.24, 2.45) is 0 Å². The monoisotopic (exact) mass is 360 g/mol. The standard InChI is InChI=1S/C10H15ClN4S.C4H8.CH2O2/c1-16-7-3-2-4-15(6-7)8-5-13-10(11)14-9(8)12;1-4(2)3;2-1-3/h5,7H,2-4,6H2,1H3,(H2,12,13,14);1H2,2-3H3;1H,(H,2,3). The van der Waals surface area contributed by atoms with Gasteiger partial charge in [0.15, 0.2) is 5.82 Å². The van der Waals surface area contributed by atoms with E-state index in [4.69, 9.17) is 27.2 Å². The van der Waals surface area contributed by atoms with Gasteiger partial charge in [-0.3, -0.25) is 4.79 Å². The van der Waals surface area contributed by atoms with Gasteiger partial charge < -0.3 is 15.7 Å². The first kappa shape index (κ1) is 21.5. The summed E-state index contributed by atoms with van der Waals surface area (Å²) >= 11 is 7.59. The van der Waals surface area contributed by atoms with E-state index in [9.17, 15) is 0 Å². The van der Waals surface area contributed by atoms with Crippen LogP contribution in [0, 0.1) is 0 Å². The Hall–Kier alpha value is -1.47. The number of nitrogen functional groups attached to an aromatic ring is 1. The number of anilines is 2. The molecule has 2 heterocycles. The van der Waals surface area contributed by atoms with E-state index in [0.717, 1.165) is 18.8 Å². The van der Waals surface area contributed by atoms with Gasteiger partial charge in [0, 0.05) is 18.3 Å². The second kappa shape index (κ2) is 12.0. The van der Waals surface area contributed by atoms with Crippen LogP contribution >= 0.6 is 23.4 Å². The number of aromatic nitrogens is 2. The maximum Gasteiger partial charge on any atom is 0.290 e. The van der Waals surface area contributed by atoms with Crippen molar-refractivity contribution in [3.63, 3.8) is 0 Å². The highest BCUT2D eigenvalue weighted by Crippen LogP contribution is 2.28. The SMILES string of the molecule is C=C(C)C.CSC1CCCN(c2cnc(Cl)nc2N)C1.O=CO. The summed E-state index contributed by atoms with van der Waals surface area (Å²) < 4.78 is 0. The first-order valence-corrected chi connectivity index (χ1v) is 8.78. The average Bonchev–Trinajstić information content (AvgIpc) is 2.47. The number of nitrogens with zero attached hydrogens (tertiary/aromatic N) is 3. The van der Waals surface area contributed by atoms with E-state index in [1.807, 2.05) is 25.6 Å². The maximum absolute atomic E-state index is 8.36. The van der Waals surface area contributed by atoms with Gasteiger partial charge in [-0.05, 0) is 44.5 Å². The molecule has 0 saturated carbocycles. The van der Waals surface area contributed by atoms with Crippen molar-refractivity contribution in [1.82, 2.24) is 9.97 Å². The zero-order chi connectivity index (χ0) is 17.8. The Morgan fingerprint density at radius 2 is 2.17 bits per heavy atom. The minimum absolute atomic E-state index is 0.208. The molecule has 8 heteroatoms. The van der Waals surface area contributed by atoms with Crippen LogP contribution in [0.25, 0.3) is 0 Å². The number of allylic oxidation sites excluding steroid dienone is 1. The van der Waals surface area contributed by atoms with Gasteiger partial charge in [-0.15, -0.1) is 6.58 Å². The van der Waals surface area contributed by atoms with Crippen LogP contribution in [0.2, 0.25) is 5.28 Å². The van der Waals surface area contributed by atoms with E-state index in [2.05, 4.69) is 27.7 Å². The van der Waals surface area contributed by atoms with Crippen molar-refractivity contribution in [2.75, 3.05) is 30.0 Å². The third-order valence-electron chi connectivity index (χ3n) is 2.82. The van der Waals surface area contributed by atoms with E-state index >= 15 is 0 Å². The van der Waals surface area contributed by atoms with Crippen LogP contribution in [-0.2, 0) is 4.79 Å². The summed E-state index contributed by atoms with van der Waals surface area (Å²) in [7, 11) is 0. The van der Waals surface area contributed by atoms with Crippen molar-refractivity contribution in [2.45, 2.75) is 31.9 Å². The fourth-order valence-electron chi connectivity index (χ4n) is 1.96. The Morgan fingerprint density at radius 3 is 2.65 bits per heavy atom. The summed E-state index contributed by atoms with van der Waals surface area (Å²) in [5.74, 6) is 0.474. The van der Waals surface area contributed by atoms with Crippen LogP contribution in [0.15, 0.2) is 18.3 Å². The molecule has 0 bridgehead atoms. The fraction of sp³-hybridized carbons (Fsp3) is 0.533. The number of hydrogen-bond donors (Lipinski definition) is 2. The number of rotatable bonds is 2. The second-order valence-electron chi connectivity index (χ2n) is 5.17. The topological polar surface area (TPSA) is 92.3 Å². The molecule has 3 N–H and O–H groups in total. The number of nitrogens with two attached hydrogens (primary N) is 1. The molecule has 1 atom stereocenters. The van der Waals surface area contributed by atoms with Gasteiger partial charge in [0.25, 0.3) is 6.47 Å². The van der Waals surface area contributed by atoms with Gasteiger partial charge in [-0.2, -0.15) is 16.7 Å². The van der Waals surface area contributed by atoms with Crippen LogP contribution in [-0.4, -0.2) is 46.1 Å². The molecule has 0 amide bonds. The molecule has 1 aromatic rings. The lowest BCUT2D eigenvalue weighted by Gasteiger charge is -2.33. The molecule has 1 aliphatic rings. The lowest BCUT2D eigenvalue weighted by Crippen LogP contribution is -2.37. The predicted octanol–water partition coefficient (Wildman–Crippen LogP) is 3.33. The van der Waals surface area contributed by atoms with Crippen molar-refractivity contribution >= 4 is 41.3 Å². The first-order valence-electron chi connectivity index (χ1n) is 7.11. The van der Waals surface area contributed by atoms with Crippen LogP contribution in [0.3, 0.4) is 0 Å². The summed E-state index contributed by atoms with van der Waals surface area (Å²) in [4.78, 5) is 18.6. The Balaban J connectivity index is 0.000000591. The van der Waals surface area contributed by atoms with Gasteiger partial charge >= 0.3 is 0 Å². The molecular formula is C15H25ClN4O2S. The molecule has 2 rings (SSSR count). The highest BCUT2D eigenvalue weighted by Gasteiger charge is 2.21. The van der Waals surface area contributed by atoms with Crippen molar-refractivity contribution in [1.29, 1.82) is 0 Å². The molecule has 1 unspecified atom stereocenters. The Labute approximate surface area is 147 Å². The van der Waals surface area contributed by atoms with Gasteiger partial charge in [-0.1, -0.05) is 5.57 Å². The summed E-state index contributed by atoms with van der Waals surface area (Å²) in [5.41, 5.74) is 7.93. The molecule has 0 spiro atoms. The van der Waals surface area contributed by atoms with Crippen molar-refractivity contribution in [3.8, 4) is 0 Å². The summed E-state index contributed by atoms with van der Waals surface area (Å²) in [6.45, 7) is 9.28. The Bertz CT molecular complexity index is 498. The summed E-state index contributed by atoms with van der Waals surface area (Å²) in [6, 6.07) is 0. The molecule has 23 heavy (non-hydrogen) atoms. The highest BCUT2D eigenvalue weighted by molar-refractivity contribution is 7.99. The van der Waals surface area contributed by atoms with E-state index in [-0.39, 0.29) is 11.8 Å². The average molecular weight is 361 g/mol. The fourth-order valence-corrected chi connectivity index (χ4v) is 2.83. The Kier molecular flexibility index (Phi) is 11.2. The number of thioether (sulfide) groups is 1. The minimum atomic E-state index is -0.250. The highest BCUT2D eigenvalue weighted by atomic mass is 35.5. The number of hydrogen-bond acceptors (Lipinski definition) is 6. The van der Waals surface area contributed by atoms with Gasteiger partial charge in [0.2, 0.25) is 5.28 Å². The first-order chi connectivity index (χ1) is 10.8.